The average Bonchev–Trinajstić information content (AvgIpc) is 3.56. The molecule has 2 aliphatic rings. The maximum absolute atomic E-state index is 15.1. The lowest BCUT2D eigenvalue weighted by Gasteiger charge is -2.17. The molecular formula is C33H32FNO6. The van der Waals surface area contributed by atoms with E-state index in [9.17, 15) is 15.2 Å². The number of carbonyl (C=O) groups is 1. The van der Waals surface area contributed by atoms with Gasteiger partial charge in [-0.1, -0.05) is 24.3 Å². The van der Waals surface area contributed by atoms with Crippen molar-refractivity contribution in [2.75, 3.05) is 13.7 Å². The number of hydrogen-bond acceptors (Lipinski definition) is 7. The van der Waals surface area contributed by atoms with Crippen molar-refractivity contribution in [3.8, 4) is 29.1 Å². The monoisotopic (exact) mass is 557 g/mol. The zero-order valence-electron chi connectivity index (χ0n) is 23.3. The number of nitrogens with zero attached hydrogens (tertiary/aromatic N) is 1. The number of esters is 1. The highest BCUT2D eigenvalue weighted by atomic mass is 19.1. The van der Waals surface area contributed by atoms with Gasteiger partial charge in [0.05, 0.1) is 24.9 Å². The Labute approximate surface area is 238 Å². The van der Waals surface area contributed by atoms with Gasteiger partial charge in [-0.25, -0.2) is 4.39 Å². The highest BCUT2D eigenvalue weighted by molar-refractivity contribution is 5.69. The Morgan fingerprint density at radius 1 is 1.20 bits per heavy atom. The van der Waals surface area contributed by atoms with E-state index in [0.717, 1.165) is 11.1 Å². The lowest BCUT2D eigenvalue weighted by atomic mass is 9.96. The maximum atomic E-state index is 15.1. The molecule has 0 amide bonds. The third kappa shape index (κ3) is 6.36. The second-order valence-electron chi connectivity index (χ2n) is 10.9. The molecule has 1 heterocycles. The molecule has 5 rings (SSSR count). The second kappa shape index (κ2) is 11.6. The van der Waals surface area contributed by atoms with Crippen LogP contribution in [0.5, 0.6) is 23.0 Å². The highest BCUT2D eigenvalue weighted by Crippen LogP contribution is 2.45. The fraction of sp³-hybridized carbons (Fsp3) is 0.333. The van der Waals surface area contributed by atoms with Crippen LogP contribution in [0.1, 0.15) is 72.9 Å². The summed E-state index contributed by atoms with van der Waals surface area (Å²) in [7, 11) is 1.38. The summed E-state index contributed by atoms with van der Waals surface area (Å²) in [5.74, 6) is 1.61. The molecule has 1 aliphatic carbocycles. The summed E-state index contributed by atoms with van der Waals surface area (Å²) in [5, 5.41) is 19.7. The summed E-state index contributed by atoms with van der Waals surface area (Å²) in [6.45, 7) is 3.82. The Bertz CT molecular complexity index is 1530. The van der Waals surface area contributed by atoms with Crippen LogP contribution in [0.15, 0.2) is 54.6 Å². The van der Waals surface area contributed by atoms with Crippen LogP contribution in [-0.4, -0.2) is 30.4 Å². The number of ether oxygens (including phenoxy) is 4. The van der Waals surface area contributed by atoms with Gasteiger partial charge in [0.1, 0.15) is 41.0 Å². The first-order valence-electron chi connectivity index (χ1n) is 13.6. The maximum Gasteiger partial charge on any atom is 0.305 e. The van der Waals surface area contributed by atoms with Crippen molar-refractivity contribution in [1.29, 1.82) is 5.26 Å². The molecule has 212 valence electrons. The van der Waals surface area contributed by atoms with E-state index < -0.39 is 11.7 Å². The molecule has 0 unspecified atom stereocenters. The van der Waals surface area contributed by atoms with Crippen molar-refractivity contribution in [2.45, 2.75) is 57.2 Å². The van der Waals surface area contributed by atoms with Gasteiger partial charge in [0.2, 0.25) is 0 Å². The van der Waals surface area contributed by atoms with Crippen LogP contribution in [0.2, 0.25) is 0 Å². The van der Waals surface area contributed by atoms with Gasteiger partial charge in [0.15, 0.2) is 0 Å². The minimum atomic E-state index is -0.976. The fourth-order valence-electron chi connectivity index (χ4n) is 5.23. The van der Waals surface area contributed by atoms with Gasteiger partial charge in [-0.05, 0) is 69.0 Å². The predicted octanol–water partition coefficient (Wildman–Crippen LogP) is 6.77. The van der Waals surface area contributed by atoms with Crippen LogP contribution in [-0.2, 0) is 16.0 Å². The molecule has 8 heteroatoms. The summed E-state index contributed by atoms with van der Waals surface area (Å²) < 4.78 is 38.1. The zero-order valence-corrected chi connectivity index (χ0v) is 23.3. The van der Waals surface area contributed by atoms with Crippen molar-refractivity contribution in [1.82, 2.24) is 0 Å². The first-order chi connectivity index (χ1) is 19.6. The Morgan fingerprint density at radius 2 is 2.00 bits per heavy atom. The molecule has 0 aromatic heterocycles. The molecule has 0 saturated heterocycles. The van der Waals surface area contributed by atoms with E-state index in [1.165, 1.54) is 13.2 Å². The summed E-state index contributed by atoms with van der Waals surface area (Å²) in [6.07, 6.45) is 4.97. The summed E-state index contributed by atoms with van der Waals surface area (Å²) >= 11 is 0. The van der Waals surface area contributed by atoms with Gasteiger partial charge in [-0.3, -0.25) is 4.79 Å². The van der Waals surface area contributed by atoms with Gasteiger partial charge < -0.3 is 24.1 Å². The van der Waals surface area contributed by atoms with Crippen molar-refractivity contribution >= 4 is 12.0 Å². The predicted molar refractivity (Wildman–Crippen MR) is 151 cm³/mol. The van der Waals surface area contributed by atoms with Crippen molar-refractivity contribution < 1.29 is 33.2 Å². The lowest BCUT2D eigenvalue weighted by Crippen LogP contribution is -2.13. The van der Waals surface area contributed by atoms with E-state index in [4.69, 9.17) is 18.9 Å². The molecule has 3 aromatic rings. The van der Waals surface area contributed by atoms with Gasteiger partial charge in [0, 0.05) is 35.1 Å². The van der Waals surface area contributed by atoms with Crippen molar-refractivity contribution in [3.05, 3.63) is 88.2 Å². The number of benzene rings is 3. The molecule has 3 aromatic carbocycles. The van der Waals surface area contributed by atoms with Gasteiger partial charge >= 0.3 is 5.97 Å². The summed E-state index contributed by atoms with van der Waals surface area (Å²) in [6, 6.07) is 15.9. The lowest BCUT2D eigenvalue weighted by molar-refractivity contribution is -0.140. The molecule has 1 aliphatic heterocycles. The Morgan fingerprint density at radius 3 is 2.76 bits per heavy atom. The number of nitriles is 1. The molecule has 0 saturated carbocycles. The van der Waals surface area contributed by atoms with E-state index in [-0.39, 0.29) is 17.7 Å². The minimum absolute atomic E-state index is 0.104. The Hall–Kier alpha value is -4.35. The van der Waals surface area contributed by atoms with Crippen LogP contribution < -0.4 is 14.2 Å². The summed E-state index contributed by atoms with van der Waals surface area (Å²) in [4.78, 5) is 11.5. The number of carbonyl (C=O) groups excluding carboxylic acids is 1. The van der Waals surface area contributed by atoms with Crippen LogP contribution >= 0.6 is 0 Å². The van der Waals surface area contributed by atoms with E-state index in [1.807, 2.05) is 18.2 Å². The fourth-order valence-corrected chi connectivity index (χ4v) is 5.23. The normalized spacial score (nSPS) is 17.5. The Kier molecular flexibility index (Phi) is 8.00. The van der Waals surface area contributed by atoms with E-state index >= 15 is 4.39 Å². The Balaban J connectivity index is 1.33. The third-order valence-electron chi connectivity index (χ3n) is 7.33. The number of hydrogen-bond donors (Lipinski definition) is 1. The number of methoxy groups -OCH3 is 1. The first kappa shape index (κ1) is 28.2. The quantitative estimate of drug-likeness (QED) is 0.290. The largest absolute Gasteiger partial charge is 0.493 e. The van der Waals surface area contributed by atoms with Crippen LogP contribution in [0.25, 0.3) is 6.08 Å². The van der Waals surface area contributed by atoms with Crippen molar-refractivity contribution in [3.63, 3.8) is 0 Å². The zero-order chi connectivity index (χ0) is 29.1. The summed E-state index contributed by atoms with van der Waals surface area (Å²) in [5.41, 5.74) is 2.28. The van der Waals surface area contributed by atoms with Crippen LogP contribution in [0, 0.1) is 17.1 Å². The SMILES string of the molecule is COC(=O)CC[C@@H]1COc2cc(O[C@@H]3CCc4c(Oc5ccc(/C=C/C(C)(C)O)cc5C#N)ccc(F)c43)ccc21. The van der Waals surface area contributed by atoms with E-state index in [0.29, 0.717) is 72.0 Å². The van der Waals surface area contributed by atoms with Gasteiger partial charge in [-0.2, -0.15) is 5.26 Å². The highest BCUT2D eigenvalue weighted by Gasteiger charge is 2.32. The van der Waals surface area contributed by atoms with Crippen LogP contribution in [0.3, 0.4) is 0 Å². The minimum Gasteiger partial charge on any atom is -0.493 e. The molecule has 0 spiro atoms. The molecule has 0 bridgehead atoms. The molecular weight excluding hydrogens is 525 g/mol. The van der Waals surface area contributed by atoms with Crippen molar-refractivity contribution in [2.24, 2.45) is 0 Å². The third-order valence-corrected chi connectivity index (χ3v) is 7.33. The molecule has 1 N–H and O–H groups in total. The molecule has 2 atom stereocenters. The molecule has 7 nitrogen and oxygen atoms in total. The van der Waals surface area contributed by atoms with E-state index in [2.05, 4.69) is 6.07 Å². The van der Waals surface area contributed by atoms with E-state index in [1.54, 1.807) is 50.3 Å². The number of rotatable bonds is 9. The molecule has 0 fully saturated rings. The van der Waals surface area contributed by atoms with Gasteiger partial charge in [0.25, 0.3) is 0 Å². The molecule has 41 heavy (non-hydrogen) atoms. The topological polar surface area (TPSA) is 98.0 Å². The van der Waals surface area contributed by atoms with Gasteiger partial charge in [-0.15, -0.1) is 0 Å². The number of halogens is 1. The van der Waals surface area contributed by atoms with Crippen LogP contribution in [0.4, 0.5) is 4.39 Å². The number of fused-ring (bicyclic) bond motifs is 2. The molecule has 0 radical (unpaired) electrons. The number of aliphatic hydroxyl groups is 1. The second-order valence-corrected chi connectivity index (χ2v) is 10.9. The standard InChI is InChI=1S/C33H32FNO6/c1-33(2,37)15-14-20-4-10-27(22(16-20)18-35)41-28-12-9-26(34)32-25(28)8-11-29(32)40-23-6-7-24-21(5-13-31(36)38-3)19-39-30(24)17-23/h4,6-7,9-10,12,14-17,21,29,37H,5,8,11,13,19H2,1-3H3/b15-14+/t21-,29-/m1/s1. The average molecular weight is 558 g/mol. The first-order valence-corrected chi connectivity index (χ1v) is 13.6. The smallest absolute Gasteiger partial charge is 0.305 e.